The summed E-state index contributed by atoms with van der Waals surface area (Å²) in [6.07, 6.45) is 0. The fraction of sp³-hybridized carbons (Fsp3) is 0.917. The number of hydrogen-bond acceptors (Lipinski definition) is 3. The Balaban J connectivity index is 2.55. The molecule has 0 spiro atoms. The zero-order valence-corrected chi connectivity index (χ0v) is 10.5. The molecule has 1 fully saturated rings. The summed E-state index contributed by atoms with van der Waals surface area (Å²) in [5.41, 5.74) is 0. The molecule has 2 atom stereocenters. The van der Waals surface area contributed by atoms with Crippen LogP contribution in [0.1, 0.15) is 20.8 Å². The number of carbonyl (C=O) groups excluding carboxylic acids is 1. The first-order chi connectivity index (χ1) is 7.08. The van der Waals surface area contributed by atoms with Crippen molar-refractivity contribution in [2.24, 2.45) is 11.8 Å². The Kier molecular flexibility index (Phi) is 4.74. The molecule has 1 aliphatic rings. The Labute approximate surface area is 93.4 Å². The Hall–Kier alpha value is -0.410. The summed E-state index contributed by atoms with van der Waals surface area (Å²) in [5, 5.41) is 0. The van der Waals surface area contributed by atoms with Crippen molar-refractivity contribution in [3.05, 3.63) is 0 Å². The van der Waals surface area contributed by atoms with Gasteiger partial charge >= 0.3 is 0 Å². The van der Waals surface area contributed by atoms with Gasteiger partial charge in [-0.3, -0.25) is 4.79 Å². The van der Waals surface area contributed by atoms with Crippen molar-refractivity contribution in [3.63, 3.8) is 0 Å². The Morgan fingerprint density at radius 3 is 2.40 bits per heavy atom. The summed E-state index contributed by atoms with van der Waals surface area (Å²) in [6.45, 7) is 11.4. The minimum Gasteiger partial charge on any atom is -0.305 e. The Morgan fingerprint density at radius 1 is 1.33 bits per heavy atom. The summed E-state index contributed by atoms with van der Waals surface area (Å²) >= 11 is 0. The number of rotatable bonds is 5. The third-order valence-corrected chi connectivity index (χ3v) is 3.53. The van der Waals surface area contributed by atoms with E-state index in [-0.39, 0.29) is 5.92 Å². The standard InChI is InChI=1S/C12H24N2O/c1-5-14(6-2)8-11-7-13(4)9-12(11)10(3)15/h11-12H,5-9H2,1-4H3. The van der Waals surface area contributed by atoms with Gasteiger partial charge in [-0.1, -0.05) is 13.8 Å². The monoisotopic (exact) mass is 212 g/mol. The van der Waals surface area contributed by atoms with Gasteiger partial charge in [0.2, 0.25) is 0 Å². The quantitative estimate of drug-likeness (QED) is 0.682. The van der Waals surface area contributed by atoms with Crippen LogP contribution in [0.4, 0.5) is 0 Å². The fourth-order valence-electron chi connectivity index (χ4n) is 2.55. The van der Waals surface area contributed by atoms with Gasteiger partial charge in [0, 0.05) is 25.6 Å². The third-order valence-electron chi connectivity index (χ3n) is 3.53. The molecular formula is C12H24N2O. The van der Waals surface area contributed by atoms with Crippen molar-refractivity contribution in [1.82, 2.24) is 9.80 Å². The van der Waals surface area contributed by atoms with Crippen molar-refractivity contribution in [2.45, 2.75) is 20.8 Å². The largest absolute Gasteiger partial charge is 0.305 e. The highest BCUT2D eigenvalue weighted by Crippen LogP contribution is 2.23. The van der Waals surface area contributed by atoms with Crippen molar-refractivity contribution in [2.75, 3.05) is 39.8 Å². The summed E-state index contributed by atoms with van der Waals surface area (Å²) < 4.78 is 0. The minimum atomic E-state index is 0.260. The molecule has 0 aromatic carbocycles. The molecule has 1 heterocycles. The van der Waals surface area contributed by atoms with Crippen LogP contribution in [-0.4, -0.2) is 55.4 Å². The molecule has 0 aliphatic carbocycles. The molecule has 0 radical (unpaired) electrons. The Morgan fingerprint density at radius 2 is 1.93 bits per heavy atom. The lowest BCUT2D eigenvalue weighted by Crippen LogP contribution is -2.34. The lowest BCUT2D eigenvalue weighted by atomic mass is 9.92. The second kappa shape index (κ2) is 5.61. The maximum absolute atomic E-state index is 11.5. The van der Waals surface area contributed by atoms with Crippen LogP contribution in [0.15, 0.2) is 0 Å². The van der Waals surface area contributed by atoms with Gasteiger partial charge < -0.3 is 9.80 Å². The average Bonchev–Trinajstić information content (AvgIpc) is 2.56. The maximum Gasteiger partial charge on any atom is 0.134 e. The highest BCUT2D eigenvalue weighted by Gasteiger charge is 2.34. The number of Topliss-reactive ketones (excluding diaryl/α,β-unsaturated/α-hetero) is 1. The third kappa shape index (κ3) is 3.28. The van der Waals surface area contributed by atoms with Crippen LogP contribution in [0, 0.1) is 11.8 Å². The molecule has 0 saturated carbocycles. The van der Waals surface area contributed by atoms with E-state index >= 15 is 0 Å². The van der Waals surface area contributed by atoms with Crippen molar-refractivity contribution >= 4 is 5.78 Å². The number of nitrogens with zero attached hydrogens (tertiary/aromatic N) is 2. The number of hydrogen-bond donors (Lipinski definition) is 0. The van der Waals surface area contributed by atoms with Gasteiger partial charge in [-0.15, -0.1) is 0 Å². The molecule has 1 rings (SSSR count). The van der Waals surface area contributed by atoms with E-state index in [1.807, 2.05) is 0 Å². The predicted octanol–water partition coefficient (Wildman–Crippen LogP) is 1.09. The highest BCUT2D eigenvalue weighted by molar-refractivity contribution is 5.79. The van der Waals surface area contributed by atoms with E-state index in [2.05, 4.69) is 30.7 Å². The second-order valence-electron chi connectivity index (χ2n) is 4.68. The number of ketones is 1. The molecule has 2 unspecified atom stereocenters. The van der Waals surface area contributed by atoms with Crippen LogP contribution in [0.2, 0.25) is 0 Å². The van der Waals surface area contributed by atoms with E-state index < -0.39 is 0 Å². The Bertz CT molecular complexity index is 214. The molecule has 15 heavy (non-hydrogen) atoms. The molecule has 0 aromatic heterocycles. The van der Waals surface area contributed by atoms with Gasteiger partial charge in [0.15, 0.2) is 0 Å². The van der Waals surface area contributed by atoms with Crippen LogP contribution in [0.3, 0.4) is 0 Å². The minimum absolute atomic E-state index is 0.260. The summed E-state index contributed by atoms with van der Waals surface area (Å²) in [6, 6.07) is 0. The van der Waals surface area contributed by atoms with Gasteiger partial charge in [-0.25, -0.2) is 0 Å². The maximum atomic E-state index is 11.5. The highest BCUT2D eigenvalue weighted by atomic mass is 16.1. The second-order valence-corrected chi connectivity index (χ2v) is 4.68. The van der Waals surface area contributed by atoms with Crippen molar-refractivity contribution < 1.29 is 4.79 Å². The molecule has 3 heteroatoms. The molecule has 0 aromatic rings. The topological polar surface area (TPSA) is 23.6 Å². The smallest absolute Gasteiger partial charge is 0.134 e. The van der Waals surface area contributed by atoms with E-state index in [1.54, 1.807) is 6.92 Å². The van der Waals surface area contributed by atoms with E-state index in [9.17, 15) is 4.79 Å². The lowest BCUT2D eigenvalue weighted by Gasteiger charge is -2.24. The normalized spacial score (nSPS) is 27.5. The zero-order valence-electron chi connectivity index (χ0n) is 10.5. The van der Waals surface area contributed by atoms with Gasteiger partial charge in [-0.05, 0) is 33.0 Å². The first-order valence-corrected chi connectivity index (χ1v) is 5.99. The van der Waals surface area contributed by atoms with E-state index in [0.717, 1.165) is 32.7 Å². The predicted molar refractivity (Wildman–Crippen MR) is 62.9 cm³/mol. The van der Waals surface area contributed by atoms with Crippen LogP contribution < -0.4 is 0 Å². The summed E-state index contributed by atoms with van der Waals surface area (Å²) in [7, 11) is 2.11. The van der Waals surface area contributed by atoms with Crippen LogP contribution in [0.25, 0.3) is 0 Å². The number of carbonyl (C=O) groups is 1. The molecule has 0 bridgehead atoms. The van der Waals surface area contributed by atoms with Crippen molar-refractivity contribution in [3.8, 4) is 0 Å². The first-order valence-electron chi connectivity index (χ1n) is 5.99. The van der Waals surface area contributed by atoms with Gasteiger partial charge in [0.1, 0.15) is 5.78 Å². The lowest BCUT2D eigenvalue weighted by molar-refractivity contribution is -0.121. The van der Waals surface area contributed by atoms with Crippen LogP contribution >= 0.6 is 0 Å². The molecule has 0 N–H and O–H groups in total. The van der Waals surface area contributed by atoms with Gasteiger partial charge in [-0.2, -0.15) is 0 Å². The summed E-state index contributed by atoms with van der Waals surface area (Å²) in [5.74, 6) is 1.15. The van der Waals surface area contributed by atoms with Gasteiger partial charge in [0.25, 0.3) is 0 Å². The van der Waals surface area contributed by atoms with E-state index in [1.165, 1.54) is 0 Å². The average molecular weight is 212 g/mol. The van der Waals surface area contributed by atoms with Crippen LogP contribution in [-0.2, 0) is 4.79 Å². The molecular weight excluding hydrogens is 188 g/mol. The molecule has 3 nitrogen and oxygen atoms in total. The first kappa shape index (κ1) is 12.7. The SMILES string of the molecule is CCN(CC)CC1CN(C)CC1C(C)=O. The van der Waals surface area contributed by atoms with Crippen molar-refractivity contribution in [1.29, 1.82) is 0 Å². The van der Waals surface area contributed by atoms with E-state index in [0.29, 0.717) is 11.7 Å². The van der Waals surface area contributed by atoms with E-state index in [4.69, 9.17) is 0 Å². The fourth-order valence-corrected chi connectivity index (χ4v) is 2.55. The van der Waals surface area contributed by atoms with Crippen LogP contribution in [0.5, 0.6) is 0 Å². The van der Waals surface area contributed by atoms with Gasteiger partial charge in [0.05, 0.1) is 0 Å². The summed E-state index contributed by atoms with van der Waals surface area (Å²) in [4.78, 5) is 16.2. The number of likely N-dealkylation sites (tertiary alicyclic amines) is 1. The molecule has 0 amide bonds. The molecule has 1 aliphatic heterocycles. The zero-order chi connectivity index (χ0) is 11.4. The molecule has 1 saturated heterocycles. The molecule has 88 valence electrons.